The first kappa shape index (κ1) is 15.5. The number of piperidine rings is 1. The molecule has 1 aromatic rings. The van der Waals surface area contributed by atoms with Gasteiger partial charge >= 0.3 is 5.97 Å². The summed E-state index contributed by atoms with van der Waals surface area (Å²) in [5, 5.41) is 9.13. The number of hydrogen-bond acceptors (Lipinski definition) is 5. The van der Waals surface area contributed by atoms with E-state index in [1.165, 1.54) is 0 Å². The van der Waals surface area contributed by atoms with Crippen molar-refractivity contribution in [2.75, 3.05) is 18.1 Å². The van der Waals surface area contributed by atoms with Crippen molar-refractivity contribution in [2.24, 2.45) is 5.92 Å². The average molecular weight is 293 g/mol. The van der Waals surface area contributed by atoms with Crippen molar-refractivity contribution >= 4 is 11.9 Å². The highest BCUT2D eigenvalue weighted by Crippen LogP contribution is 2.27. The van der Waals surface area contributed by atoms with Crippen LogP contribution in [0.25, 0.3) is 0 Å². The first-order valence-electron chi connectivity index (χ1n) is 7.49. The number of carboxylic acids is 1. The Morgan fingerprint density at radius 2 is 2.29 bits per heavy atom. The van der Waals surface area contributed by atoms with E-state index in [-0.39, 0.29) is 12.0 Å². The molecule has 0 saturated carbocycles. The Balaban J connectivity index is 2.14. The van der Waals surface area contributed by atoms with Crippen molar-refractivity contribution in [1.29, 1.82) is 0 Å². The lowest BCUT2D eigenvalue weighted by molar-refractivity contribution is -0.142. The molecule has 1 saturated heterocycles. The van der Waals surface area contributed by atoms with Gasteiger partial charge in [0.2, 0.25) is 11.8 Å². The minimum atomic E-state index is -0.710. The van der Waals surface area contributed by atoms with Crippen molar-refractivity contribution in [1.82, 2.24) is 9.97 Å². The Hall–Kier alpha value is -1.85. The molecule has 2 heterocycles. The van der Waals surface area contributed by atoms with Gasteiger partial charge in [-0.2, -0.15) is 4.98 Å². The number of aliphatic carboxylic acids is 1. The Bertz CT molecular complexity index is 507. The van der Waals surface area contributed by atoms with Gasteiger partial charge in [0.25, 0.3) is 0 Å². The maximum Gasteiger partial charge on any atom is 0.306 e. The van der Waals surface area contributed by atoms with Crippen LogP contribution in [-0.4, -0.2) is 40.2 Å². The highest BCUT2D eigenvalue weighted by molar-refractivity contribution is 5.70. The molecule has 1 N–H and O–H groups in total. The molecule has 1 fully saturated rings. The van der Waals surface area contributed by atoms with Crippen LogP contribution in [0.3, 0.4) is 0 Å². The molecule has 1 aliphatic heterocycles. The van der Waals surface area contributed by atoms with Crippen LogP contribution in [0, 0.1) is 12.8 Å². The number of ether oxygens (including phenoxy) is 1. The monoisotopic (exact) mass is 293 g/mol. The Kier molecular flexibility index (Phi) is 4.98. The zero-order valence-electron chi connectivity index (χ0n) is 12.9. The predicted octanol–water partition coefficient (Wildman–Crippen LogP) is 2.26. The van der Waals surface area contributed by atoms with Gasteiger partial charge in [0, 0.05) is 24.3 Å². The fourth-order valence-corrected chi connectivity index (χ4v) is 2.63. The van der Waals surface area contributed by atoms with E-state index in [1.54, 1.807) is 0 Å². The molecule has 0 radical (unpaired) electrons. The summed E-state index contributed by atoms with van der Waals surface area (Å²) in [6.45, 7) is 7.28. The standard InChI is InChI=1S/C15H23N3O3/c1-4-7-21-13-8-10(2)16-15(17-13)18-6-5-12(14(19)20)9-11(18)3/h8,11-12H,4-7,9H2,1-3H3,(H,19,20). The molecule has 0 aromatic carbocycles. The number of anilines is 1. The number of carbonyl (C=O) groups is 1. The smallest absolute Gasteiger partial charge is 0.306 e. The van der Waals surface area contributed by atoms with Gasteiger partial charge in [-0.3, -0.25) is 4.79 Å². The number of carboxylic acid groups (broad SMARTS) is 1. The summed E-state index contributed by atoms with van der Waals surface area (Å²) in [7, 11) is 0. The molecule has 21 heavy (non-hydrogen) atoms. The molecule has 2 atom stereocenters. The molecule has 1 aliphatic rings. The molecule has 0 spiro atoms. The molecule has 1 aromatic heterocycles. The van der Waals surface area contributed by atoms with Gasteiger partial charge < -0.3 is 14.7 Å². The summed E-state index contributed by atoms with van der Waals surface area (Å²) in [4.78, 5) is 22.1. The zero-order chi connectivity index (χ0) is 15.4. The van der Waals surface area contributed by atoms with E-state index in [0.717, 1.165) is 12.1 Å². The molecule has 2 rings (SSSR count). The lowest BCUT2D eigenvalue weighted by Gasteiger charge is -2.36. The fourth-order valence-electron chi connectivity index (χ4n) is 2.63. The van der Waals surface area contributed by atoms with E-state index < -0.39 is 5.97 Å². The molecular formula is C15H23N3O3. The molecule has 6 heteroatoms. The largest absolute Gasteiger partial charge is 0.481 e. The average Bonchev–Trinajstić information content (AvgIpc) is 2.44. The van der Waals surface area contributed by atoms with Crippen molar-refractivity contribution in [3.63, 3.8) is 0 Å². The lowest BCUT2D eigenvalue weighted by atomic mass is 9.92. The molecular weight excluding hydrogens is 270 g/mol. The number of nitrogens with zero attached hydrogens (tertiary/aromatic N) is 3. The van der Waals surface area contributed by atoms with Crippen LogP contribution in [0.1, 0.15) is 38.8 Å². The van der Waals surface area contributed by atoms with E-state index in [2.05, 4.69) is 14.9 Å². The number of aryl methyl sites for hydroxylation is 1. The van der Waals surface area contributed by atoms with Crippen LogP contribution >= 0.6 is 0 Å². The molecule has 0 amide bonds. The number of hydrogen-bond donors (Lipinski definition) is 1. The van der Waals surface area contributed by atoms with Crippen molar-refractivity contribution in [3.8, 4) is 5.88 Å². The van der Waals surface area contributed by atoms with Gasteiger partial charge in [-0.15, -0.1) is 0 Å². The maximum atomic E-state index is 11.1. The highest BCUT2D eigenvalue weighted by atomic mass is 16.5. The molecule has 6 nitrogen and oxygen atoms in total. The van der Waals surface area contributed by atoms with Crippen molar-refractivity contribution < 1.29 is 14.6 Å². The molecule has 0 bridgehead atoms. The Morgan fingerprint density at radius 1 is 1.52 bits per heavy atom. The summed E-state index contributed by atoms with van der Waals surface area (Å²) < 4.78 is 5.59. The van der Waals surface area contributed by atoms with Crippen LogP contribution in [0.5, 0.6) is 5.88 Å². The summed E-state index contributed by atoms with van der Waals surface area (Å²) in [5.41, 5.74) is 0.860. The normalized spacial score (nSPS) is 22.1. The van der Waals surface area contributed by atoms with Crippen LogP contribution in [0.2, 0.25) is 0 Å². The van der Waals surface area contributed by atoms with Gasteiger partial charge in [0.1, 0.15) is 0 Å². The topological polar surface area (TPSA) is 75.5 Å². The van der Waals surface area contributed by atoms with Crippen LogP contribution in [0.15, 0.2) is 6.07 Å². The Labute approximate surface area is 125 Å². The van der Waals surface area contributed by atoms with E-state index >= 15 is 0 Å². The molecule has 2 unspecified atom stereocenters. The fraction of sp³-hybridized carbons (Fsp3) is 0.667. The predicted molar refractivity (Wildman–Crippen MR) is 79.7 cm³/mol. The van der Waals surface area contributed by atoms with Gasteiger partial charge in [0.05, 0.1) is 12.5 Å². The van der Waals surface area contributed by atoms with Gasteiger partial charge in [-0.05, 0) is 33.1 Å². The minimum absolute atomic E-state index is 0.112. The van der Waals surface area contributed by atoms with Gasteiger partial charge in [-0.25, -0.2) is 4.98 Å². The second-order valence-electron chi connectivity index (χ2n) is 5.60. The first-order valence-corrected chi connectivity index (χ1v) is 7.49. The maximum absolute atomic E-state index is 11.1. The van der Waals surface area contributed by atoms with E-state index in [1.807, 2.05) is 26.8 Å². The third-order valence-electron chi connectivity index (χ3n) is 3.76. The second kappa shape index (κ2) is 6.74. The highest BCUT2D eigenvalue weighted by Gasteiger charge is 2.31. The second-order valence-corrected chi connectivity index (χ2v) is 5.60. The number of rotatable bonds is 5. The van der Waals surface area contributed by atoms with E-state index in [4.69, 9.17) is 9.84 Å². The lowest BCUT2D eigenvalue weighted by Crippen LogP contribution is -2.43. The SMILES string of the molecule is CCCOc1cc(C)nc(N2CCC(C(=O)O)CC2C)n1. The third-order valence-corrected chi connectivity index (χ3v) is 3.76. The minimum Gasteiger partial charge on any atom is -0.481 e. The van der Waals surface area contributed by atoms with Gasteiger partial charge in [0.15, 0.2) is 0 Å². The molecule has 116 valence electrons. The molecule has 0 aliphatic carbocycles. The van der Waals surface area contributed by atoms with Crippen LogP contribution in [-0.2, 0) is 4.79 Å². The number of aromatic nitrogens is 2. The van der Waals surface area contributed by atoms with Gasteiger partial charge in [-0.1, -0.05) is 6.92 Å². The van der Waals surface area contributed by atoms with Crippen molar-refractivity contribution in [3.05, 3.63) is 11.8 Å². The Morgan fingerprint density at radius 3 is 2.90 bits per heavy atom. The zero-order valence-corrected chi connectivity index (χ0v) is 12.9. The van der Waals surface area contributed by atoms with Crippen LogP contribution < -0.4 is 9.64 Å². The van der Waals surface area contributed by atoms with Crippen LogP contribution in [0.4, 0.5) is 5.95 Å². The van der Waals surface area contributed by atoms with E-state index in [9.17, 15) is 4.79 Å². The van der Waals surface area contributed by atoms with Crippen molar-refractivity contribution in [2.45, 2.75) is 46.1 Å². The first-order chi connectivity index (χ1) is 10.0. The summed E-state index contributed by atoms with van der Waals surface area (Å²) in [6.07, 6.45) is 2.18. The summed E-state index contributed by atoms with van der Waals surface area (Å²) >= 11 is 0. The summed E-state index contributed by atoms with van der Waals surface area (Å²) in [5.74, 6) is 0.250. The third kappa shape index (κ3) is 3.83. The van der Waals surface area contributed by atoms with E-state index in [0.29, 0.717) is 37.8 Å². The summed E-state index contributed by atoms with van der Waals surface area (Å²) in [6, 6.07) is 1.94. The quantitative estimate of drug-likeness (QED) is 0.897.